The number of aromatic hydroxyl groups is 1. The molecule has 53 heavy (non-hydrogen) atoms. The minimum absolute atomic E-state index is 0.0488. The number of aliphatic hydroxyl groups is 1. The van der Waals surface area contributed by atoms with Crippen molar-refractivity contribution in [1.82, 2.24) is 15.0 Å². The van der Waals surface area contributed by atoms with Gasteiger partial charge in [-0.2, -0.15) is 0 Å². The van der Waals surface area contributed by atoms with Gasteiger partial charge in [0.1, 0.15) is 23.9 Å². The molecule has 0 aliphatic heterocycles. The van der Waals surface area contributed by atoms with E-state index < -0.39 is 17.5 Å². The summed E-state index contributed by atoms with van der Waals surface area (Å²) in [6.45, 7) is 4.77. The van der Waals surface area contributed by atoms with Crippen LogP contribution in [0.15, 0.2) is 121 Å². The Morgan fingerprint density at radius 2 is 1.38 bits per heavy atom. The lowest BCUT2D eigenvalue weighted by Crippen LogP contribution is -2.27. The molecule has 4 aromatic carbocycles. The van der Waals surface area contributed by atoms with Gasteiger partial charge in [0.2, 0.25) is 0 Å². The SMILES string of the molecule is CC(Oc1ccc(-c2nc(-c3ccc(-c4ccccc4)cc3)nc(C3(C)C=CC(c4ccccc4)=CC3)n2)c(O)c1)C(=O)OCCOCCOCCO. The predicted molar refractivity (Wildman–Crippen MR) is 203 cm³/mol. The first-order valence-electron chi connectivity index (χ1n) is 17.6. The highest BCUT2D eigenvalue weighted by atomic mass is 16.6. The minimum atomic E-state index is -0.936. The number of ether oxygens (including phenoxy) is 4. The zero-order valence-corrected chi connectivity index (χ0v) is 29.9. The zero-order chi connectivity index (χ0) is 37.0. The van der Waals surface area contributed by atoms with E-state index in [0.29, 0.717) is 42.7 Å². The van der Waals surface area contributed by atoms with Crippen molar-refractivity contribution in [3.63, 3.8) is 0 Å². The first-order valence-corrected chi connectivity index (χ1v) is 17.6. The third-order valence-electron chi connectivity index (χ3n) is 8.81. The fourth-order valence-electron chi connectivity index (χ4n) is 5.80. The van der Waals surface area contributed by atoms with Crippen molar-refractivity contribution < 1.29 is 34.0 Å². The Morgan fingerprint density at radius 3 is 2.04 bits per heavy atom. The number of hydrogen-bond acceptors (Lipinski definition) is 10. The molecule has 0 spiro atoms. The molecule has 2 unspecified atom stereocenters. The molecule has 5 aromatic rings. The molecule has 0 amide bonds. The first-order chi connectivity index (χ1) is 25.8. The second kappa shape index (κ2) is 17.7. The highest BCUT2D eigenvalue weighted by Gasteiger charge is 2.30. The molecule has 0 saturated heterocycles. The van der Waals surface area contributed by atoms with E-state index in [1.165, 1.54) is 6.07 Å². The Balaban J connectivity index is 1.22. The van der Waals surface area contributed by atoms with Crippen molar-refractivity contribution in [2.45, 2.75) is 31.8 Å². The summed E-state index contributed by atoms with van der Waals surface area (Å²) in [5.41, 5.74) is 5.12. The van der Waals surface area contributed by atoms with Gasteiger partial charge in [-0.25, -0.2) is 19.7 Å². The Kier molecular flexibility index (Phi) is 12.4. The molecule has 1 aliphatic carbocycles. The highest BCUT2D eigenvalue weighted by molar-refractivity contribution is 5.76. The second-order valence-electron chi connectivity index (χ2n) is 12.8. The fourth-order valence-corrected chi connectivity index (χ4v) is 5.80. The van der Waals surface area contributed by atoms with Gasteiger partial charge in [0, 0.05) is 17.0 Å². The van der Waals surface area contributed by atoms with Gasteiger partial charge in [-0.15, -0.1) is 0 Å². The number of nitrogens with zero attached hydrogens (tertiary/aromatic N) is 3. The maximum Gasteiger partial charge on any atom is 0.347 e. The van der Waals surface area contributed by atoms with Crippen molar-refractivity contribution >= 4 is 11.5 Å². The number of phenols is 1. The molecule has 2 N–H and O–H groups in total. The van der Waals surface area contributed by atoms with Gasteiger partial charge in [0.25, 0.3) is 0 Å². The van der Waals surface area contributed by atoms with E-state index in [4.69, 9.17) is 39.0 Å². The smallest absolute Gasteiger partial charge is 0.347 e. The quantitative estimate of drug-likeness (QED) is 0.0798. The summed E-state index contributed by atoms with van der Waals surface area (Å²) < 4.78 is 21.5. The molecule has 10 heteroatoms. The number of phenolic OH excluding ortho intramolecular Hbond substituents is 1. The van der Waals surface area contributed by atoms with Gasteiger partial charge < -0.3 is 29.2 Å². The van der Waals surface area contributed by atoms with Crippen LogP contribution in [0.3, 0.4) is 0 Å². The third-order valence-corrected chi connectivity index (χ3v) is 8.81. The van der Waals surface area contributed by atoms with Gasteiger partial charge in [-0.05, 0) is 54.7 Å². The van der Waals surface area contributed by atoms with Crippen LogP contribution in [0.25, 0.3) is 39.5 Å². The van der Waals surface area contributed by atoms with Crippen LogP contribution in [0.2, 0.25) is 0 Å². The average molecular weight is 714 g/mol. The average Bonchev–Trinajstić information content (AvgIpc) is 3.19. The maximum absolute atomic E-state index is 12.5. The van der Waals surface area contributed by atoms with E-state index in [-0.39, 0.29) is 37.9 Å². The summed E-state index contributed by atoms with van der Waals surface area (Å²) in [5, 5.41) is 20.0. The monoisotopic (exact) mass is 713 g/mol. The molecular formula is C43H43N3O7. The van der Waals surface area contributed by atoms with Crippen molar-refractivity contribution in [1.29, 1.82) is 0 Å². The summed E-state index contributed by atoms with van der Waals surface area (Å²) in [4.78, 5) is 27.3. The summed E-state index contributed by atoms with van der Waals surface area (Å²) in [7, 11) is 0. The minimum Gasteiger partial charge on any atom is -0.507 e. The summed E-state index contributed by atoms with van der Waals surface area (Å²) in [6, 6.07) is 33.2. The second-order valence-corrected chi connectivity index (χ2v) is 12.8. The molecule has 2 atom stereocenters. The molecule has 0 fully saturated rings. The zero-order valence-electron chi connectivity index (χ0n) is 29.9. The van der Waals surface area contributed by atoms with Gasteiger partial charge in [-0.1, -0.05) is 103 Å². The van der Waals surface area contributed by atoms with E-state index in [1.54, 1.807) is 19.1 Å². The van der Waals surface area contributed by atoms with Crippen LogP contribution in [0, 0.1) is 0 Å². The third kappa shape index (κ3) is 9.61. The van der Waals surface area contributed by atoms with Gasteiger partial charge >= 0.3 is 5.97 Å². The molecular weight excluding hydrogens is 670 g/mol. The van der Waals surface area contributed by atoms with Crippen LogP contribution < -0.4 is 4.74 Å². The van der Waals surface area contributed by atoms with Crippen LogP contribution >= 0.6 is 0 Å². The normalized spacial score (nSPS) is 15.8. The Hall–Kier alpha value is -5.68. The number of hydrogen-bond donors (Lipinski definition) is 2. The standard InChI is InChI=1S/C43H43N3O7/c1-30(41(49)52-28-27-51-26-25-50-24-23-47)53-36-17-18-37(38(48)29-36)40-44-39(35-15-13-33(14-16-35)31-9-5-3-6-10-31)45-42(46-40)43(2)21-19-34(20-22-43)32-11-7-4-8-12-32/h3-21,29-30,47-48H,22-28H2,1-2H3. The van der Waals surface area contributed by atoms with E-state index in [1.807, 2.05) is 60.7 Å². The molecule has 0 saturated carbocycles. The molecule has 272 valence electrons. The molecule has 1 aliphatic rings. The van der Waals surface area contributed by atoms with Crippen LogP contribution in [0.4, 0.5) is 0 Å². The molecule has 1 aromatic heterocycles. The lowest BCUT2D eigenvalue weighted by atomic mass is 9.80. The van der Waals surface area contributed by atoms with Crippen molar-refractivity contribution in [2.75, 3.05) is 39.6 Å². The van der Waals surface area contributed by atoms with Crippen LogP contribution in [0.1, 0.15) is 31.7 Å². The number of aliphatic hydroxyl groups excluding tert-OH is 1. The van der Waals surface area contributed by atoms with E-state index in [2.05, 4.69) is 49.4 Å². The summed E-state index contributed by atoms with van der Waals surface area (Å²) >= 11 is 0. The lowest BCUT2D eigenvalue weighted by molar-refractivity contribution is -0.152. The number of allylic oxidation sites excluding steroid dienone is 4. The van der Waals surface area contributed by atoms with E-state index in [9.17, 15) is 9.90 Å². The van der Waals surface area contributed by atoms with E-state index >= 15 is 0 Å². The molecule has 10 nitrogen and oxygen atoms in total. The Labute approximate surface area is 309 Å². The number of esters is 1. The van der Waals surface area contributed by atoms with Gasteiger partial charge in [-0.3, -0.25) is 0 Å². The largest absolute Gasteiger partial charge is 0.507 e. The summed E-state index contributed by atoms with van der Waals surface area (Å²) in [5.74, 6) is 0.953. The Bertz CT molecular complexity index is 2040. The van der Waals surface area contributed by atoms with Crippen molar-refractivity contribution in [3.05, 3.63) is 133 Å². The fraction of sp³-hybridized carbons (Fsp3) is 0.256. The predicted octanol–water partition coefficient (Wildman–Crippen LogP) is 7.22. The van der Waals surface area contributed by atoms with E-state index in [0.717, 1.165) is 27.8 Å². The number of rotatable bonds is 16. The number of carbonyl (C=O) groups excluding carboxylic acids is 1. The molecule has 0 radical (unpaired) electrons. The lowest BCUT2D eigenvalue weighted by Gasteiger charge is -2.27. The Morgan fingerprint density at radius 1 is 0.755 bits per heavy atom. The molecule has 0 bridgehead atoms. The van der Waals surface area contributed by atoms with Crippen molar-refractivity contribution in [2.24, 2.45) is 0 Å². The first kappa shape index (κ1) is 37.1. The van der Waals surface area contributed by atoms with Crippen LogP contribution in [-0.4, -0.2) is 76.9 Å². The number of carbonyl (C=O) groups is 1. The van der Waals surface area contributed by atoms with Gasteiger partial charge in [0.15, 0.2) is 17.8 Å². The maximum atomic E-state index is 12.5. The number of benzene rings is 4. The van der Waals surface area contributed by atoms with Gasteiger partial charge in [0.05, 0.1) is 38.6 Å². The summed E-state index contributed by atoms with van der Waals surface area (Å²) in [6.07, 6.45) is 6.17. The number of aromatic nitrogens is 3. The van der Waals surface area contributed by atoms with Crippen molar-refractivity contribution in [3.8, 4) is 45.4 Å². The highest BCUT2D eigenvalue weighted by Crippen LogP contribution is 2.38. The topological polar surface area (TPSA) is 133 Å². The van der Waals surface area contributed by atoms with Crippen LogP contribution in [-0.2, 0) is 24.4 Å². The van der Waals surface area contributed by atoms with Crippen LogP contribution in [0.5, 0.6) is 11.5 Å². The molecule has 6 rings (SSSR count). The molecule has 1 heterocycles.